The molecule has 1 aliphatic carbocycles. The van der Waals surface area contributed by atoms with Crippen LogP contribution in [0.5, 0.6) is 0 Å². The van der Waals surface area contributed by atoms with Crippen LogP contribution in [0.4, 0.5) is 18.0 Å². The average Bonchev–Trinajstić information content (AvgIpc) is 3.92. The van der Waals surface area contributed by atoms with Gasteiger partial charge in [0.1, 0.15) is 18.7 Å². The molecule has 4 aliphatic rings. The van der Waals surface area contributed by atoms with E-state index in [1.165, 1.54) is 28.4 Å². The number of rotatable bonds is 8. The third-order valence-electron chi connectivity index (χ3n) is 9.84. The zero-order valence-corrected chi connectivity index (χ0v) is 28.9. The second-order valence-corrected chi connectivity index (χ2v) is 13.8. The number of aromatic nitrogens is 2. The van der Waals surface area contributed by atoms with Crippen molar-refractivity contribution in [3.8, 4) is 11.1 Å². The predicted molar refractivity (Wildman–Crippen MR) is 184 cm³/mol. The summed E-state index contributed by atoms with van der Waals surface area (Å²) >= 11 is 1.29. The molecule has 0 unspecified atom stereocenters. The van der Waals surface area contributed by atoms with E-state index >= 15 is 8.78 Å². The minimum atomic E-state index is -3.39. The van der Waals surface area contributed by atoms with E-state index in [0.29, 0.717) is 27.2 Å². The van der Waals surface area contributed by atoms with E-state index in [0.717, 1.165) is 22.3 Å². The van der Waals surface area contributed by atoms with Crippen LogP contribution >= 0.6 is 11.3 Å². The van der Waals surface area contributed by atoms with Crippen molar-refractivity contribution in [2.45, 2.75) is 43.8 Å². The Morgan fingerprint density at radius 1 is 1.04 bits per heavy atom. The number of hydrogen-bond acceptors (Lipinski definition) is 11. The molecule has 2 fully saturated rings. The fraction of sp³-hybridized carbons (Fsp3) is 0.324. The number of aliphatic imine (C=N–C) groups is 1. The zero-order chi connectivity index (χ0) is 36.1. The number of hydroxylamine groups is 2. The molecule has 0 saturated carbocycles. The molecular weight excluding hydrogens is 698 g/mol. The Labute approximate surface area is 300 Å². The van der Waals surface area contributed by atoms with Gasteiger partial charge in [-0.1, -0.05) is 54.6 Å². The molecule has 0 spiro atoms. The number of aryl methyl sites for hydroxylation is 1. The molecule has 3 atom stereocenters. The van der Waals surface area contributed by atoms with Gasteiger partial charge in [-0.3, -0.25) is 14.7 Å². The highest BCUT2D eigenvalue weighted by molar-refractivity contribution is 7.11. The Kier molecular flexibility index (Phi) is 8.79. The lowest BCUT2D eigenvalue weighted by Gasteiger charge is -2.30. The van der Waals surface area contributed by atoms with E-state index in [9.17, 15) is 14.0 Å². The number of halogens is 3. The summed E-state index contributed by atoms with van der Waals surface area (Å²) in [6.07, 6.45) is 0.587. The number of amides is 1. The number of carbonyl (C=O) groups excluding carboxylic acids is 2. The molecule has 0 radical (unpaired) electrons. The molecular formula is C37H33F3N6O5S. The number of fused-ring (bicyclic) bond motifs is 4. The van der Waals surface area contributed by atoms with Gasteiger partial charge in [0.05, 0.1) is 31.4 Å². The molecule has 52 heavy (non-hydrogen) atoms. The summed E-state index contributed by atoms with van der Waals surface area (Å²) in [6.45, 7) is 2.11. The Morgan fingerprint density at radius 2 is 1.77 bits per heavy atom. The first-order chi connectivity index (χ1) is 25.1. The van der Waals surface area contributed by atoms with Gasteiger partial charge in [-0.2, -0.15) is 9.45 Å². The van der Waals surface area contributed by atoms with Crippen LogP contribution in [0.3, 0.4) is 0 Å². The van der Waals surface area contributed by atoms with Crippen LogP contribution in [-0.2, 0) is 19.1 Å². The van der Waals surface area contributed by atoms with Crippen molar-refractivity contribution in [2.24, 2.45) is 4.99 Å². The number of amidine groups is 1. The monoisotopic (exact) mass is 730 g/mol. The average molecular weight is 731 g/mol. The maximum absolute atomic E-state index is 16.0. The van der Waals surface area contributed by atoms with Gasteiger partial charge >= 0.3 is 12.1 Å². The van der Waals surface area contributed by atoms with Crippen LogP contribution < -0.4 is 5.32 Å². The largest absolute Gasteiger partial charge is 0.463 e. The normalized spacial score (nSPS) is 22.1. The summed E-state index contributed by atoms with van der Waals surface area (Å²) in [5.41, 5.74) is 5.12. The first-order valence-electron chi connectivity index (χ1n) is 16.8. The summed E-state index contributed by atoms with van der Waals surface area (Å²) in [5, 5.41) is 6.07. The minimum Gasteiger partial charge on any atom is -0.463 e. The number of nitrogens with one attached hydrogen (secondary N) is 1. The number of carbonyl (C=O) groups is 2. The van der Waals surface area contributed by atoms with Crippen LogP contribution in [0.1, 0.15) is 46.3 Å². The van der Waals surface area contributed by atoms with Gasteiger partial charge in [-0.15, -0.1) is 11.3 Å². The second-order valence-electron chi connectivity index (χ2n) is 12.9. The number of likely N-dealkylation sites (tertiary alicyclic amines) is 1. The van der Waals surface area contributed by atoms with Crippen LogP contribution in [0.15, 0.2) is 88.5 Å². The Balaban J connectivity index is 1.07. The van der Waals surface area contributed by atoms with Crippen molar-refractivity contribution in [3.63, 3.8) is 0 Å². The van der Waals surface area contributed by atoms with Crippen molar-refractivity contribution >= 4 is 29.2 Å². The number of pyridine rings is 1. The zero-order valence-electron chi connectivity index (χ0n) is 28.1. The van der Waals surface area contributed by atoms with Gasteiger partial charge in [-0.25, -0.2) is 28.3 Å². The van der Waals surface area contributed by atoms with E-state index < -0.39 is 48.6 Å². The van der Waals surface area contributed by atoms with Gasteiger partial charge in [0, 0.05) is 41.0 Å². The van der Waals surface area contributed by atoms with Crippen molar-refractivity contribution < 1.29 is 37.1 Å². The first-order valence-corrected chi connectivity index (χ1v) is 17.7. The summed E-state index contributed by atoms with van der Waals surface area (Å²) < 4.78 is 57.2. The Morgan fingerprint density at radius 3 is 2.44 bits per heavy atom. The summed E-state index contributed by atoms with van der Waals surface area (Å²) in [7, 11) is 0. The Bertz CT molecular complexity index is 2060. The van der Waals surface area contributed by atoms with Crippen molar-refractivity contribution in [1.29, 1.82) is 0 Å². The highest BCUT2D eigenvalue weighted by Crippen LogP contribution is 2.46. The lowest BCUT2D eigenvalue weighted by molar-refractivity contribution is -0.161. The highest BCUT2D eigenvalue weighted by atomic mass is 32.1. The van der Waals surface area contributed by atoms with E-state index in [1.54, 1.807) is 25.4 Å². The molecule has 4 aromatic rings. The van der Waals surface area contributed by atoms with E-state index in [-0.39, 0.29) is 43.6 Å². The summed E-state index contributed by atoms with van der Waals surface area (Å²) in [6, 6.07) is 14.7. The molecule has 3 aliphatic heterocycles. The molecule has 0 bridgehead atoms. The van der Waals surface area contributed by atoms with Crippen LogP contribution in [0.2, 0.25) is 0 Å². The van der Waals surface area contributed by atoms with Gasteiger partial charge < -0.3 is 14.8 Å². The third-order valence-corrected chi connectivity index (χ3v) is 10.6. The van der Waals surface area contributed by atoms with Crippen molar-refractivity contribution in [2.75, 3.05) is 32.9 Å². The van der Waals surface area contributed by atoms with Crippen LogP contribution in [0, 0.1) is 12.9 Å². The topological polar surface area (TPSA) is 118 Å². The van der Waals surface area contributed by atoms with Gasteiger partial charge in [0.2, 0.25) is 5.95 Å². The molecule has 8 rings (SSSR count). The van der Waals surface area contributed by atoms with Crippen LogP contribution in [-0.4, -0.2) is 88.7 Å². The van der Waals surface area contributed by atoms with E-state index in [1.807, 2.05) is 48.5 Å². The molecule has 15 heteroatoms. The van der Waals surface area contributed by atoms with E-state index in [2.05, 4.69) is 15.3 Å². The lowest BCUT2D eigenvalue weighted by atomic mass is 9.94. The van der Waals surface area contributed by atoms with Crippen molar-refractivity contribution in [1.82, 2.24) is 25.2 Å². The van der Waals surface area contributed by atoms with Gasteiger partial charge in [0.25, 0.3) is 5.92 Å². The van der Waals surface area contributed by atoms with E-state index in [4.69, 9.17) is 19.3 Å². The number of nitrogens with zero attached hydrogens (tertiary/aromatic N) is 5. The number of benzene rings is 2. The Hall–Kier alpha value is -5.12. The molecule has 5 heterocycles. The lowest BCUT2D eigenvalue weighted by Crippen LogP contribution is -2.48. The second kappa shape index (κ2) is 13.5. The minimum absolute atomic E-state index is 0.0431. The molecule has 11 nitrogen and oxygen atoms in total. The molecule has 1 N–H and O–H groups in total. The SMILES string of the molecule is CCOC(=O)C1=C(CN2CC(F)(F)[C@@H]3[C@H]2CON3C(=O)OCC2c3ccccc3-c3ccccc32)NC(c2nccs2)=N[C@@H]1c1ccc(F)nc1C. The van der Waals surface area contributed by atoms with Gasteiger partial charge in [0.15, 0.2) is 10.8 Å². The number of alkyl halides is 2. The molecule has 1 amide bonds. The number of hydrogen-bond donors (Lipinski definition) is 1. The maximum atomic E-state index is 16.0. The number of ether oxygens (including phenoxy) is 2. The summed E-state index contributed by atoms with van der Waals surface area (Å²) in [4.78, 5) is 47.3. The number of esters is 1. The van der Waals surface area contributed by atoms with Crippen molar-refractivity contribution in [3.05, 3.63) is 117 Å². The quantitative estimate of drug-likeness (QED) is 0.178. The first kappa shape index (κ1) is 34.0. The molecule has 2 aromatic heterocycles. The molecule has 2 saturated heterocycles. The fourth-order valence-corrected chi connectivity index (χ4v) is 8.19. The molecule has 2 aromatic carbocycles. The maximum Gasteiger partial charge on any atom is 0.434 e. The fourth-order valence-electron chi connectivity index (χ4n) is 7.60. The predicted octanol–water partition coefficient (Wildman–Crippen LogP) is 5.78. The molecule has 268 valence electrons. The van der Waals surface area contributed by atoms with Gasteiger partial charge in [-0.05, 0) is 42.2 Å². The highest BCUT2D eigenvalue weighted by Gasteiger charge is 2.63. The third kappa shape index (κ3) is 5.91. The number of thiazole rings is 1. The smallest absolute Gasteiger partial charge is 0.434 e. The van der Waals surface area contributed by atoms with Crippen LogP contribution in [0.25, 0.3) is 11.1 Å². The summed E-state index contributed by atoms with van der Waals surface area (Å²) in [5.74, 6) is -4.77. The standard InChI is InChI=1S/C37H33F3N6O5S/c1-3-49-35(47)30-27(43-33(34-41-14-15-52-34)44-31(30)21-12-13-29(38)42-20(21)2)16-45-19-37(39,40)32-28(45)18-51-46(32)36(48)50-17-26-24-10-6-4-8-22(24)23-9-5-7-11-25(23)26/h4-15,26,28,31-32H,3,16-19H2,1-2H3,(H,43,44)/t28-,31-,32+/m1/s1.